The van der Waals surface area contributed by atoms with Gasteiger partial charge in [-0.3, -0.25) is 0 Å². The lowest BCUT2D eigenvalue weighted by Crippen LogP contribution is -2.00. The van der Waals surface area contributed by atoms with E-state index in [9.17, 15) is 8.78 Å². The van der Waals surface area contributed by atoms with Crippen LogP contribution in [0.15, 0.2) is 18.3 Å². The SMILES string of the molecule is Fc1cc(NCc2cnc(Cl)s2)cc(F)c1I. The second-order valence-electron chi connectivity index (χ2n) is 3.19. The third-order valence-corrected chi connectivity index (χ3v) is 4.12. The molecule has 0 aliphatic heterocycles. The van der Waals surface area contributed by atoms with Crippen LogP contribution in [0.5, 0.6) is 0 Å². The number of nitrogens with one attached hydrogen (secondary N) is 1. The molecule has 0 saturated heterocycles. The number of halogens is 4. The molecular weight excluding hydrogens is 381 g/mol. The van der Waals surface area contributed by atoms with Crippen LogP contribution < -0.4 is 5.32 Å². The Hall–Kier alpha value is -0.470. The van der Waals surface area contributed by atoms with Crippen molar-refractivity contribution in [3.8, 4) is 0 Å². The van der Waals surface area contributed by atoms with Crippen LogP contribution in [-0.2, 0) is 6.54 Å². The van der Waals surface area contributed by atoms with Crippen molar-refractivity contribution < 1.29 is 8.78 Å². The number of hydrogen-bond acceptors (Lipinski definition) is 3. The van der Waals surface area contributed by atoms with Crippen LogP contribution in [0.3, 0.4) is 0 Å². The maximum absolute atomic E-state index is 13.3. The number of hydrogen-bond donors (Lipinski definition) is 1. The molecular formula is C10H6ClF2IN2S. The lowest BCUT2D eigenvalue weighted by Gasteiger charge is -2.06. The lowest BCUT2D eigenvalue weighted by atomic mass is 10.3. The second-order valence-corrected chi connectivity index (χ2v) is 5.96. The summed E-state index contributed by atoms with van der Waals surface area (Å²) in [7, 11) is 0. The van der Waals surface area contributed by atoms with E-state index in [1.54, 1.807) is 28.8 Å². The van der Waals surface area contributed by atoms with Gasteiger partial charge in [0.05, 0.1) is 10.1 Å². The van der Waals surface area contributed by atoms with Crippen molar-refractivity contribution in [1.29, 1.82) is 0 Å². The zero-order chi connectivity index (χ0) is 12.4. The smallest absolute Gasteiger partial charge is 0.183 e. The molecule has 1 aromatic carbocycles. The zero-order valence-corrected chi connectivity index (χ0v) is 12.0. The standard InChI is InChI=1S/C10H6ClF2IN2S/c11-10-16-4-6(17-10)3-15-5-1-7(12)9(14)8(13)2-5/h1-2,4,15H,3H2. The maximum Gasteiger partial charge on any atom is 0.183 e. The van der Waals surface area contributed by atoms with Crippen molar-refractivity contribution in [1.82, 2.24) is 4.98 Å². The Morgan fingerprint density at radius 1 is 1.35 bits per heavy atom. The Morgan fingerprint density at radius 3 is 2.53 bits per heavy atom. The predicted octanol–water partition coefficient (Wildman–Crippen LogP) is 4.29. The monoisotopic (exact) mass is 386 g/mol. The number of thiazole rings is 1. The molecule has 0 unspecified atom stereocenters. The third-order valence-electron chi connectivity index (χ3n) is 1.98. The highest BCUT2D eigenvalue weighted by molar-refractivity contribution is 14.1. The Balaban J connectivity index is 2.09. The van der Waals surface area contributed by atoms with Crippen molar-refractivity contribution in [2.24, 2.45) is 0 Å². The first-order chi connectivity index (χ1) is 8.06. The van der Waals surface area contributed by atoms with Crippen LogP contribution in [0, 0.1) is 15.2 Å². The number of nitrogens with zero attached hydrogens (tertiary/aromatic N) is 1. The molecule has 7 heteroatoms. The van der Waals surface area contributed by atoms with E-state index < -0.39 is 11.6 Å². The molecule has 0 atom stereocenters. The largest absolute Gasteiger partial charge is 0.380 e. The first kappa shape index (κ1) is 13.0. The normalized spacial score (nSPS) is 10.6. The molecule has 2 aromatic rings. The van der Waals surface area contributed by atoms with Crippen molar-refractivity contribution >= 4 is 51.2 Å². The summed E-state index contributed by atoms with van der Waals surface area (Å²) < 4.78 is 26.9. The topological polar surface area (TPSA) is 24.9 Å². The molecule has 2 nitrogen and oxygen atoms in total. The van der Waals surface area contributed by atoms with E-state index in [1.807, 2.05) is 0 Å². The highest BCUT2D eigenvalue weighted by Crippen LogP contribution is 2.22. The van der Waals surface area contributed by atoms with Crippen LogP contribution in [0.1, 0.15) is 4.88 Å². The molecule has 0 fully saturated rings. The fourth-order valence-electron chi connectivity index (χ4n) is 1.21. The Morgan fingerprint density at radius 2 is 2.00 bits per heavy atom. The first-order valence-corrected chi connectivity index (χ1v) is 6.82. The van der Waals surface area contributed by atoms with E-state index in [1.165, 1.54) is 23.5 Å². The van der Waals surface area contributed by atoms with Gasteiger partial charge in [0.2, 0.25) is 0 Å². The highest BCUT2D eigenvalue weighted by Gasteiger charge is 2.08. The van der Waals surface area contributed by atoms with Crippen molar-refractivity contribution in [3.63, 3.8) is 0 Å². The van der Waals surface area contributed by atoms with Crippen LogP contribution in [0.4, 0.5) is 14.5 Å². The van der Waals surface area contributed by atoms with Crippen molar-refractivity contribution in [2.75, 3.05) is 5.32 Å². The van der Waals surface area contributed by atoms with Gasteiger partial charge in [-0.25, -0.2) is 13.8 Å². The molecule has 0 amide bonds. The molecule has 0 aliphatic carbocycles. The fraction of sp³-hybridized carbons (Fsp3) is 0.100. The summed E-state index contributed by atoms with van der Waals surface area (Å²) in [4.78, 5) is 4.77. The van der Waals surface area contributed by atoms with Crippen LogP contribution in [-0.4, -0.2) is 4.98 Å². The van der Waals surface area contributed by atoms with Crippen LogP contribution >= 0.6 is 45.5 Å². The molecule has 0 bridgehead atoms. The first-order valence-electron chi connectivity index (χ1n) is 4.55. The summed E-state index contributed by atoms with van der Waals surface area (Å²) in [6.07, 6.45) is 1.62. The van der Waals surface area contributed by atoms with Gasteiger partial charge < -0.3 is 5.32 Å². The molecule has 0 radical (unpaired) electrons. The predicted molar refractivity (Wildman–Crippen MR) is 73.5 cm³/mol. The molecule has 0 saturated carbocycles. The van der Waals surface area contributed by atoms with Gasteiger partial charge in [0, 0.05) is 16.8 Å². The summed E-state index contributed by atoms with van der Waals surface area (Å²) in [6.45, 7) is 0.434. The minimum absolute atomic E-state index is 0.00557. The van der Waals surface area contributed by atoms with Crippen LogP contribution in [0.2, 0.25) is 4.47 Å². The van der Waals surface area contributed by atoms with Gasteiger partial charge >= 0.3 is 0 Å². The van der Waals surface area contributed by atoms with Gasteiger partial charge in [-0.15, -0.1) is 11.3 Å². The van der Waals surface area contributed by atoms with Gasteiger partial charge in [-0.1, -0.05) is 11.6 Å². The number of anilines is 1. The molecule has 0 aliphatic rings. The minimum Gasteiger partial charge on any atom is -0.380 e. The van der Waals surface area contributed by atoms with E-state index in [0.29, 0.717) is 16.7 Å². The van der Waals surface area contributed by atoms with Crippen LogP contribution in [0.25, 0.3) is 0 Å². The fourth-order valence-corrected chi connectivity index (χ4v) is 2.44. The summed E-state index contributed by atoms with van der Waals surface area (Å²) in [5.74, 6) is -1.15. The Kier molecular flexibility index (Phi) is 4.16. The van der Waals surface area contributed by atoms with Crippen molar-refractivity contribution in [2.45, 2.75) is 6.54 Å². The number of rotatable bonds is 3. The molecule has 1 aromatic heterocycles. The quantitative estimate of drug-likeness (QED) is 0.629. The Bertz CT molecular complexity index is 524. The highest BCUT2D eigenvalue weighted by atomic mass is 127. The average molecular weight is 387 g/mol. The molecule has 1 N–H and O–H groups in total. The number of benzene rings is 1. The van der Waals surface area contributed by atoms with Gasteiger partial charge in [-0.2, -0.15) is 0 Å². The lowest BCUT2D eigenvalue weighted by molar-refractivity contribution is 0.571. The van der Waals surface area contributed by atoms with Crippen molar-refractivity contribution in [3.05, 3.63) is 42.9 Å². The summed E-state index contributed by atoms with van der Waals surface area (Å²) >= 11 is 8.62. The maximum atomic E-state index is 13.3. The van der Waals surface area contributed by atoms with Gasteiger partial charge in [0.15, 0.2) is 4.47 Å². The Labute approximate surface area is 119 Å². The summed E-state index contributed by atoms with van der Waals surface area (Å²) in [5.41, 5.74) is 0.393. The number of aromatic nitrogens is 1. The van der Waals surface area contributed by atoms with E-state index >= 15 is 0 Å². The van der Waals surface area contributed by atoms with Gasteiger partial charge in [-0.05, 0) is 34.7 Å². The van der Waals surface area contributed by atoms with E-state index in [0.717, 1.165) is 4.88 Å². The van der Waals surface area contributed by atoms with E-state index in [-0.39, 0.29) is 3.57 Å². The molecule has 0 spiro atoms. The second kappa shape index (κ2) is 5.45. The zero-order valence-electron chi connectivity index (χ0n) is 8.31. The summed E-state index contributed by atoms with van der Waals surface area (Å²) in [5, 5.41) is 2.91. The molecule has 17 heavy (non-hydrogen) atoms. The minimum atomic E-state index is -0.574. The third kappa shape index (κ3) is 3.26. The van der Waals surface area contributed by atoms with E-state index in [2.05, 4.69) is 10.3 Å². The van der Waals surface area contributed by atoms with Gasteiger partial charge in [0.1, 0.15) is 11.6 Å². The molecule has 1 heterocycles. The average Bonchev–Trinajstić information content (AvgIpc) is 2.69. The summed E-state index contributed by atoms with van der Waals surface area (Å²) in [6, 6.07) is 2.51. The van der Waals surface area contributed by atoms with E-state index in [4.69, 9.17) is 11.6 Å². The van der Waals surface area contributed by atoms with Gasteiger partial charge in [0.25, 0.3) is 0 Å². The molecule has 2 rings (SSSR count). The molecule has 90 valence electrons.